The summed E-state index contributed by atoms with van der Waals surface area (Å²) in [6, 6.07) is 9.32. The highest BCUT2D eigenvalue weighted by molar-refractivity contribution is 5.78. The number of nitrogens with zero attached hydrogens (tertiary/aromatic N) is 1. The first kappa shape index (κ1) is 18.4. The van der Waals surface area contributed by atoms with E-state index in [-0.39, 0.29) is 17.9 Å². The van der Waals surface area contributed by atoms with E-state index < -0.39 is 0 Å². The predicted octanol–water partition coefficient (Wildman–Crippen LogP) is 1.87. The molecule has 1 aromatic carbocycles. The lowest BCUT2D eigenvalue weighted by atomic mass is 9.92. The van der Waals surface area contributed by atoms with Crippen LogP contribution in [-0.4, -0.2) is 56.2 Å². The minimum Gasteiger partial charge on any atom is -0.379 e. The third-order valence-corrected chi connectivity index (χ3v) is 5.41. The van der Waals surface area contributed by atoms with Gasteiger partial charge in [-0.2, -0.15) is 0 Å². The van der Waals surface area contributed by atoms with Crippen LogP contribution in [0.5, 0.6) is 0 Å². The number of rotatable bonds is 5. The van der Waals surface area contributed by atoms with E-state index >= 15 is 0 Å². The monoisotopic (exact) mass is 345 g/mol. The van der Waals surface area contributed by atoms with Crippen molar-refractivity contribution in [2.75, 3.05) is 39.4 Å². The van der Waals surface area contributed by atoms with Crippen LogP contribution in [0.4, 0.5) is 0 Å². The Balaban J connectivity index is 1.64. The maximum atomic E-state index is 12.6. The highest BCUT2D eigenvalue weighted by atomic mass is 16.5. The van der Waals surface area contributed by atoms with Crippen LogP contribution in [-0.2, 0) is 9.53 Å². The number of aryl methyl sites for hydroxylation is 1. The third kappa shape index (κ3) is 5.03. The molecule has 0 saturated carbocycles. The first-order valence-electron chi connectivity index (χ1n) is 9.53. The molecule has 0 bridgehead atoms. The highest BCUT2D eigenvalue weighted by Gasteiger charge is 2.27. The van der Waals surface area contributed by atoms with Crippen molar-refractivity contribution < 1.29 is 9.53 Å². The molecule has 0 radical (unpaired) electrons. The molecule has 5 nitrogen and oxygen atoms in total. The topological polar surface area (TPSA) is 53.6 Å². The lowest BCUT2D eigenvalue weighted by Gasteiger charge is -2.35. The van der Waals surface area contributed by atoms with Gasteiger partial charge in [-0.1, -0.05) is 29.8 Å². The lowest BCUT2D eigenvalue weighted by Crippen LogP contribution is -2.46. The summed E-state index contributed by atoms with van der Waals surface area (Å²) in [4.78, 5) is 15.1. The fourth-order valence-corrected chi connectivity index (χ4v) is 3.85. The summed E-state index contributed by atoms with van der Waals surface area (Å²) in [5.74, 6) is 0.346. The summed E-state index contributed by atoms with van der Waals surface area (Å²) >= 11 is 0. The van der Waals surface area contributed by atoms with Crippen molar-refractivity contribution in [1.82, 2.24) is 15.5 Å². The molecular formula is C20H31N3O2. The Morgan fingerprint density at radius 3 is 2.72 bits per heavy atom. The largest absolute Gasteiger partial charge is 0.379 e. The Bertz CT molecular complexity index is 555. The van der Waals surface area contributed by atoms with Gasteiger partial charge in [0, 0.05) is 31.6 Å². The number of morpholine rings is 1. The summed E-state index contributed by atoms with van der Waals surface area (Å²) in [5, 5.41) is 6.65. The molecule has 25 heavy (non-hydrogen) atoms. The first-order chi connectivity index (χ1) is 12.1. The fourth-order valence-electron chi connectivity index (χ4n) is 3.85. The van der Waals surface area contributed by atoms with Crippen LogP contribution in [0.2, 0.25) is 0 Å². The van der Waals surface area contributed by atoms with Gasteiger partial charge in [-0.25, -0.2) is 0 Å². The zero-order valence-electron chi connectivity index (χ0n) is 15.5. The Morgan fingerprint density at radius 1 is 1.32 bits per heavy atom. The number of piperidine rings is 1. The molecular weight excluding hydrogens is 314 g/mol. The van der Waals surface area contributed by atoms with E-state index in [0.29, 0.717) is 12.6 Å². The van der Waals surface area contributed by atoms with E-state index in [4.69, 9.17) is 4.74 Å². The summed E-state index contributed by atoms with van der Waals surface area (Å²) in [5.41, 5.74) is 2.53. The number of carbonyl (C=O) groups excluding carboxylic acids is 1. The van der Waals surface area contributed by atoms with E-state index in [1.807, 2.05) is 0 Å². The number of hydrogen-bond donors (Lipinski definition) is 2. The van der Waals surface area contributed by atoms with Crippen LogP contribution < -0.4 is 10.6 Å². The molecule has 3 rings (SSSR count). The quantitative estimate of drug-likeness (QED) is 0.855. The zero-order valence-corrected chi connectivity index (χ0v) is 15.5. The van der Waals surface area contributed by atoms with Crippen molar-refractivity contribution in [3.8, 4) is 0 Å². The van der Waals surface area contributed by atoms with E-state index in [1.54, 1.807) is 0 Å². The summed E-state index contributed by atoms with van der Waals surface area (Å²) < 4.78 is 5.50. The molecule has 3 atom stereocenters. The lowest BCUT2D eigenvalue weighted by molar-refractivity contribution is -0.126. The van der Waals surface area contributed by atoms with Gasteiger partial charge in [0.15, 0.2) is 0 Å². The van der Waals surface area contributed by atoms with Gasteiger partial charge in [0.25, 0.3) is 0 Å². The number of ether oxygens (including phenoxy) is 1. The van der Waals surface area contributed by atoms with Gasteiger partial charge in [0.05, 0.1) is 19.3 Å². The number of hydrogen-bond acceptors (Lipinski definition) is 4. The Hall–Kier alpha value is -1.43. The molecule has 2 fully saturated rings. The van der Waals surface area contributed by atoms with E-state index in [2.05, 4.69) is 53.6 Å². The normalized spacial score (nSPS) is 26.2. The second kappa shape index (κ2) is 8.79. The Kier molecular flexibility index (Phi) is 6.45. The summed E-state index contributed by atoms with van der Waals surface area (Å²) in [6.45, 7) is 9.22. The third-order valence-electron chi connectivity index (χ3n) is 5.41. The maximum Gasteiger partial charge on any atom is 0.223 e. The van der Waals surface area contributed by atoms with Crippen molar-refractivity contribution in [3.05, 3.63) is 35.4 Å². The van der Waals surface area contributed by atoms with Crippen LogP contribution in [0.1, 0.15) is 36.9 Å². The smallest absolute Gasteiger partial charge is 0.223 e. The van der Waals surface area contributed by atoms with Crippen LogP contribution in [0.25, 0.3) is 0 Å². The molecule has 2 heterocycles. The van der Waals surface area contributed by atoms with Gasteiger partial charge in [-0.05, 0) is 38.8 Å². The predicted molar refractivity (Wildman–Crippen MR) is 99.5 cm³/mol. The molecule has 5 heteroatoms. The van der Waals surface area contributed by atoms with E-state index in [9.17, 15) is 4.79 Å². The van der Waals surface area contributed by atoms with Crippen LogP contribution in [0, 0.1) is 12.8 Å². The molecule has 2 N–H and O–H groups in total. The molecule has 2 aliphatic heterocycles. The minimum atomic E-state index is 0.139. The molecule has 1 unspecified atom stereocenters. The van der Waals surface area contributed by atoms with Crippen molar-refractivity contribution >= 4 is 5.91 Å². The number of amides is 1. The highest BCUT2D eigenvalue weighted by Crippen LogP contribution is 2.23. The first-order valence-corrected chi connectivity index (χ1v) is 9.53. The van der Waals surface area contributed by atoms with Crippen LogP contribution in [0.3, 0.4) is 0 Å². The molecule has 138 valence electrons. The van der Waals surface area contributed by atoms with Crippen molar-refractivity contribution in [3.63, 3.8) is 0 Å². The molecule has 2 saturated heterocycles. The van der Waals surface area contributed by atoms with Crippen molar-refractivity contribution in [2.24, 2.45) is 5.92 Å². The Morgan fingerprint density at radius 2 is 2.04 bits per heavy atom. The number of benzene rings is 1. The van der Waals surface area contributed by atoms with Crippen LogP contribution >= 0.6 is 0 Å². The molecule has 0 spiro atoms. The molecule has 1 amide bonds. The average molecular weight is 345 g/mol. The van der Waals surface area contributed by atoms with Gasteiger partial charge in [0.1, 0.15) is 0 Å². The average Bonchev–Trinajstić information content (AvgIpc) is 2.64. The van der Waals surface area contributed by atoms with E-state index in [1.165, 1.54) is 11.1 Å². The van der Waals surface area contributed by atoms with Crippen LogP contribution in [0.15, 0.2) is 24.3 Å². The molecule has 0 aromatic heterocycles. The molecule has 0 aliphatic carbocycles. The summed E-state index contributed by atoms with van der Waals surface area (Å²) in [6.07, 6.45) is 1.86. The second-order valence-electron chi connectivity index (χ2n) is 7.40. The number of nitrogens with one attached hydrogen (secondary N) is 2. The number of carbonyl (C=O) groups is 1. The van der Waals surface area contributed by atoms with E-state index in [0.717, 1.165) is 45.7 Å². The van der Waals surface area contributed by atoms with Crippen molar-refractivity contribution in [1.29, 1.82) is 0 Å². The Labute approximate surface area is 151 Å². The van der Waals surface area contributed by atoms with Crippen molar-refractivity contribution in [2.45, 2.75) is 38.8 Å². The standard InChI is InChI=1S/C20H31N3O2/c1-15-3-5-17(6-4-15)19(23-9-11-25-12-10-23)14-22-20(24)18-7-8-21-16(2)13-18/h3-6,16,18-19,21H,7-14H2,1-2H3,(H,22,24)/t16-,18-,19?/m0/s1. The van der Waals surface area contributed by atoms with Gasteiger partial charge in [0.2, 0.25) is 5.91 Å². The minimum absolute atomic E-state index is 0.139. The zero-order chi connectivity index (χ0) is 17.6. The van der Waals surface area contributed by atoms with Gasteiger partial charge < -0.3 is 15.4 Å². The summed E-state index contributed by atoms with van der Waals surface area (Å²) in [7, 11) is 0. The molecule has 2 aliphatic rings. The van der Waals surface area contributed by atoms with Gasteiger partial charge >= 0.3 is 0 Å². The maximum absolute atomic E-state index is 12.6. The van der Waals surface area contributed by atoms with Gasteiger partial charge in [-0.3, -0.25) is 9.69 Å². The molecule has 1 aromatic rings. The second-order valence-corrected chi connectivity index (χ2v) is 7.40. The fraction of sp³-hybridized carbons (Fsp3) is 0.650. The van der Waals surface area contributed by atoms with Gasteiger partial charge in [-0.15, -0.1) is 0 Å². The SMILES string of the molecule is Cc1ccc(C(CNC(=O)[C@H]2CCN[C@@H](C)C2)N2CCOCC2)cc1.